The number of hydrogen-bond donors (Lipinski definition) is 3. The Morgan fingerprint density at radius 3 is 2.20 bits per heavy atom. The number of nitrogens with two attached hydrogens (primary N) is 2. The van der Waals surface area contributed by atoms with E-state index in [9.17, 15) is 24.6 Å². The Labute approximate surface area is 222 Å². The van der Waals surface area contributed by atoms with Crippen LogP contribution in [0.2, 0.25) is 0 Å². The van der Waals surface area contributed by atoms with Gasteiger partial charge in [-0.3, -0.25) is 4.79 Å². The molecule has 1 heterocycles. The van der Waals surface area contributed by atoms with Crippen LogP contribution in [0.4, 0.5) is 0 Å². The second kappa shape index (κ2) is 18.2. The molecule has 1 fully saturated rings. The van der Waals surface area contributed by atoms with Crippen LogP contribution in [0.25, 0.3) is 0 Å². The first-order valence-corrected chi connectivity index (χ1v) is 9.63. The first-order valence-electron chi connectivity index (χ1n) is 9.63. The van der Waals surface area contributed by atoms with Crippen LogP contribution in [-0.4, -0.2) is 36.5 Å². The normalized spacial score (nSPS) is 16.3. The third-order valence-electron chi connectivity index (χ3n) is 4.61. The van der Waals surface area contributed by atoms with Gasteiger partial charge in [0.2, 0.25) is 5.91 Å². The summed E-state index contributed by atoms with van der Waals surface area (Å²) in [6, 6.07) is 5.11. The van der Waals surface area contributed by atoms with Crippen LogP contribution < -0.4 is 86.1 Å². The van der Waals surface area contributed by atoms with Crippen molar-refractivity contribution in [2.24, 2.45) is 11.5 Å². The monoisotopic (exact) mass is 437 g/mol. The van der Waals surface area contributed by atoms with Gasteiger partial charge in [0.15, 0.2) is 0 Å². The van der Waals surface area contributed by atoms with Gasteiger partial charge in [-0.25, -0.2) is 0 Å². The zero-order chi connectivity index (χ0) is 20.9. The smallest absolute Gasteiger partial charge is 0.545 e. The number of carbonyl (C=O) groups excluding carboxylic acids is 3. The predicted octanol–water partition coefficient (Wildman–Crippen LogP) is -6.69. The summed E-state index contributed by atoms with van der Waals surface area (Å²) in [6.07, 6.45) is 8.13. The topological polar surface area (TPSA) is 161 Å². The van der Waals surface area contributed by atoms with Gasteiger partial charge < -0.3 is 36.6 Å². The summed E-state index contributed by atoms with van der Waals surface area (Å²) in [5, 5.41) is 23.5. The van der Waals surface area contributed by atoms with Gasteiger partial charge >= 0.3 is 59.1 Å². The molecule has 10 heteroatoms. The molecule has 0 bridgehead atoms. The average Bonchev–Trinajstić information content (AvgIpc) is 2.90. The number of carboxylic acids is 2. The molecule has 1 aliphatic rings. The third kappa shape index (κ3) is 13.1. The second-order valence-corrected chi connectivity index (χ2v) is 6.88. The number of benzene rings is 1. The van der Waals surface area contributed by atoms with E-state index in [1.165, 1.54) is 18.2 Å². The van der Waals surface area contributed by atoms with Crippen LogP contribution in [0, 0.1) is 0 Å². The number of rotatable bonds is 8. The molecule has 1 amide bonds. The predicted molar refractivity (Wildman–Crippen MR) is 101 cm³/mol. The number of unbranched alkanes of at least 4 members (excludes halogenated alkanes) is 2. The molecule has 1 aromatic rings. The van der Waals surface area contributed by atoms with Crippen molar-refractivity contribution in [2.45, 2.75) is 63.5 Å². The van der Waals surface area contributed by atoms with E-state index in [1.54, 1.807) is 0 Å². The number of carbonyl (C=O) groups is 3. The number of carboxylic acid groups (broad SMARTS) is 2. The Morgan fingerprint density at radius 1 is 1.07 bits per heavy atom. The van der Waals surface area contributed by atoms with Crippen LogP contribution in [0.3, 0.4) is 0 Å². The van der Waals surface area contributed by atoms with Crippen LogP contribution >= 0.6 is 0 Å². The van der Waals surface area contributed by atoms with Crippen molar-refractivity contribution < 1.29 is 83.7 Å². The Kier molecular flexibility index (Phi) is 19.2. The van der Waals surface area contributed by atoms with Gasteiger partial charge in [-0.1, -0.05) is 37.5 Å². The zero-order valence-corrected chi connectivity index (χ0v) is 22.0. The summed E-state index contributed by atoms with van der Waals surface area (Å²) in [5.41, 5.74) is 11.2. The van der Waals surface area contributed by atoms with Crippen molar-refractivity contribution in [2.75, 3.05) is 6.54 Å². The maximum absolute atomic E-state index is 11.4. The molecule has 2 unspecified atom stereocenters. The molecule has 156 valence electrons. The summed E-state index contributed by atoms with van der Waals surface area (Å²) in [5.74, 6) is -2.64. The molecule has 0 spiro atoms. The summed E-state index contributed by atoms with van der Waals surface area (Å²) in [6.45, 7) is 0.759. The molecule has 0 radical (unpaired) electrons. The van der Waals surface area contributed by atoms with Crippen LogP contribution in [0.15, 0.2) is 24.3 Å². The van der Waals surface area contributed by atoms with Crippen molar-refractivity contribution in [3.8, 4) is 0 Å². The van der Waals surface area contributed by atoms with Crippen molar-refractivity contribution in [1.29, 1.82) is 0 Å². The Hall–Kier alpha value is -0.450. The molecule has 5 N–H and O–H groups in total. The van der Waals surface area contributed by atoms with E-state index in [-0.39, 0.29) is 88.2 Å². The number of aromatic carboxylic acids is 2. The minimum atomic E-state index is -1.40. The van der Waals surface area contributed by atoms with Crippen LogP contribution in [0.1, 0.15) is 72.1 Å². The van der Waals surface area contributed by atoms with E-state index >= 15 is 0 Å². The molecule has 30 heavy (non-hydrogen) atoms. The molecular formula is C20H29N3Na2O5. The van der Waals surface area contributed by atoms with Crippen molar-refractivity contribution in [1.82, 2.24) is 5.32 Å². The van der Waals surface area contributed by atoms with Gasteiger partial charge in [-0.15, -0.1) is 0 Å². The van der Waals surface area contributed by atoms with E-state index in [2.05, 4.69) is 5.32 Å². The fraction of sp³-hybridized carbons (Fsp3) is 0.550. The van der Waals surface area contributed by atoms with Gasteiger partial charge in [0.25, 0.3) is 0 Å². The standard InChI is InChI=1S/C12H25N3O.C8H6O4.2Na/c13-9-5-1-2-6-10(14)11-7-3-4-8-12(16)15-11;9-7(10)5-2-1-3-6(4-5)8(11)12;;/h10-11H,1-9,13-14H2,(H,15,16);1-4H,(H,9,10)(H,11,12);;/q;;2*+1/p-2. The number of hydrogen-bond acceptors (Lipinski definition) is 7. The first kappa shape index (κ1) is 31.7. The zero-order valence-electron chi connectivity index (χ0n) is 18.0. The maximum Gasteiger partial charge on any atom is 1.00 e. The van der Waals surface area contributed by atoms with E-state index in [0.29, 0.717) is 6.42 Å². The van der Waals surface area contributed by atoms with E-state index < -0.39 is 11.9 Å². The van der Waals surface area contributed by atoms with Crippen LogP contribution in [-0.2, 0) is 4.79 Å². The SMILES string of the molecule is NCCCCCC(N)C1CCCCC(=O)N1.O=C([O-])c1cccc(C(=O)[O-])c1.[Na+].[Na+]. The quantitative estimate of drug-likeness (QED) is 0.269. The molecule has 2 rings (SSSR count). The molecule has 2 atom stereocenters. The van der Waals surface area contributed by atoms with Gasteiger partial charge in [0, 0.05) is 18.5 Å². The van der Waals surface area contributed by atoms with Gasteiger partial charge in [0.1, 0.15) is 0 Å². The van der Waals surface area contributed by atoms with E-state index in [0.717, 1.165) is 57.6 Å². The fourth-order valence-electron chi connectivity index (χ4n) is 3.00. The summed E-state index contributed by atoms with van der Waals surface area (Å²) >= 11 is 0. The Balaban J connectivity index is 0. The fourth-order valence-corrected chi connectivity index (χ4v) is 3.00. The molecule has 0 aromatic heterocycles. The summed E-state index contributed by atoms with van der Waals surface area (Å²) in [4.78, 5) is 31.9. The maximum atomic E-state index is 11.4. The van der Waals surface area contributed by atoms with Crippen molar-refractivity contribution >= 4 is 17.8 Å². The molecule has 0 saturated carbocycles. The van der Waals surface area contributed by atoms with Gasteiger partial charge in [0.05, 0.1) is 11.9 Å². The van der Waals surface area contributed by atoms with Gasteiger partial charge in [-0.2, -0.15) is 0 Å². The molecule has 8 nitrogen and oxygen atoms in total. The first-order chi connectivity index (χ1) is 13.3. The van der Waals surface area contributed by atoms with Crippen molar-refractivity contribution in [3.63, 3.8) is 0 Å². The Bertz CT molecular complexity index is 632. The van der Waals surface area contributed by atoms with E-state index in [1.807, 2.05) is 0 Å². The molecule has 1 aromatic carbocycles. The van der Waals surface area contributed by atoms with E-state index in [4.69, 9.17) is 11.5 Å². The minimum Gasteiger partial charge on any atom is -0.545 e. The van der Waals surface area contributed by atoms with Crippen molar-refractivity contribution in [3.05, 3.63) is 35.4 Å². The van der Waals surface area contributed by atoms with Crippen LogP contribution in [0.5, 0.6) is 0 Å². The molecule has 0 aliphatic carbocycles. The number of nitrogens with one attached hydrogen (secondary N) is 1. The third-order valence-corrected chi connectivity index (χ3v) is 4.61. The molecule has 1 aliphatic heterocycles. The second-order valence-electron chi connectivity index (χ2n) is 6.88. The van der Waals surface area contributed by atoms with Gasteiger partial charge in [-0.05, 0) is 49.4 Å². The minimum absolute atomic E-state index is 0. The average molecular weight is 437 g/mol. The summed E-state index contributed by atoms with van der Waals surface area (Å²) < 4.78 is 0. The molecular weight excluding hydrogens is 408 g/mol. The Morgan fingerprint density at radius 2 is 1.67 bits per heavy atom. The largest absolute Gasteiger partial charge is 1.00 e. The molecule has 1 saturated heterocycles. The number of amides is 1. The summed E-state index contributed by atoms with van der Waals surface area (Å²) in [7, 11) is 0.